The van der Waals surface area contributed by atoms with E-state index in [0.29, 0.717) is 16.9 Å². The highest BCUT2D eigenvalue weighted by Gasteiger charge is 2.24. The molecule has 0 fully saturated rings. The van der Waals surface area contributed by atoms with Crippen LogP contribution in [0.3, 0.4) is 0 Å². The number of nitrogens with zero attached hydrogens (tertiary/aromatic N) is 1. The fraction of sp³-hybridized carbons (Fsp3) is 0.417. The number of anilines is 2. The van der Waals surface area contributed by atoms with Gasteiger partial charge in [-0.25, -0.2) is 0 Å². The second-order valence-electron chi connectivity index (χ2n) is 4.40. The van der Waals surface area contributed by atoms with Gasteiger partial charge in [-0.1, -0.05) is 6.07 Å². The van der Waals surface area contributed by atoms with E-state index in [9.17, 15) is 5.11 Å². The number of rotatable bonds is 3. The van der Waals surface area contributed by atoms with Gasteiger partial charge >= 0.3 is 0 Å². The van der Waals surface area contributed by atoms with Gasteiger partial charge in [0.2, 0.25) is 0 Å². The van der Waals surface area contributed by atoms with E-state index in [2.05, 4.69) is 5.32 Å². The Morgan fingerprint density at radius 1 is 1.50 bits per heavy atom. The van der Waals surface area contributed by atoms with Crippen molar-refractivity contribution in [2.45, 2.75) is 32.4 Å². The van der Waals surface area contributed by atoms with Crippen molar-refractivity contribution >= 4 is 11.4 Å². The SMILES string of the molecule is CC(O)C(C)(C)Nc1cccc(C#N)c1N. The van der Waals surface area contributed by atoms with Gasteiger partial charge in [0.15, 0.2) is 0 Å². The maximum atomic E-state index is 9.59. The van der Waals surface area contributed by atoms with Crippen LogP contribution >= 0.6 is 0 Å². The van der Waals surface area contributed by atoms with Crippen LogP contribution in [-0.4, -0.2) is 16.7 Å². The maximum Gasteiger partial charge on any atom is 0.101 e. The number of benzene rings is 1. The van der Waals surface area contributed by atoms with E-state index in [1.807, 2.05) is 19.9 Å². The second kappa shape index (κ2) is 4.42. The molecule has 1 aromatic carbocycles. The van der Waals surface area contributed by atoms with Crippen molar-refractivity contribution in [3.8, 4) is 6.07 Å². The van der Waals surface area contributed by atoms with E-state index in [1.54, 1.807) is 25.1 Å². The van der Waals surface area contributed by atoms with Crippen LogP contribution in [0.1, 0.15) is 26.3 Å². The largest absolute Gasteiger partial charge is 0.396 e. The van der Waals surface area contributed by atoms with E-state index in [4.69, 9.17) is 11.0 Å². The molecule has 86 valence electrons. The number of nitrogen functional groups attached to an aromatic ring is 1. The first-order chi connectivity index (χ1) is 7.38. The summed E-state index contributed by atoms with van der Waals surface area (Å²) < 4.78 is 0. The van der Waals surface area contributed by atoms with Crippen LogP contribution in [0.5, 0.6) is 0 Å². The standard InChI is InChI=1S/C12H17N3O/c1-8(16)12(2,3)15-10-6-4-5-9(7-13)11(10)14/h4-6,8,15-16H,14H2,1-3H3. The summed E-state index contributed by atoms with van der Waals surface area (Å²) in [6.45, 7) is 5.45. The van der Waals surface area contributed by atoms with E-state index in [1.165, 1.54) is 0 Å². The maximum absolute atomic E-state index is 9.59. The fourth-order valence-corrected chi connectivity index (χ4v) is 1.22. The Kier molecular flexibility index (Phi) is 3.41. The molecular weight excluding hydrogens is 202 g/mol. The van der Waals surface area contributed by atoms with Crippen LogP contribution in [0, 0.1) is 11.3 Å². The molecule has 4 nitrogen and oxygen atoms in total. The van der Waals surface area contributed by atoms with Gasteiger partial charge in [-0.05, 0) is 32.9 Å². The van der Waals surface area contributed by atoms with Crippen LogP contribution < -0.4 is 11.1 Å². The molecule has 0 saturated heterocycles. The number of aliphatic hydroxyl groups excluding tert-OH is 1. The minimum Gasteiger partial charge on any atom is -0.396 e. The summed E-state index contributed by atoms with van der Waals surface area (Å²) in [5, 5.41) is 21.6. The quantitative estimate of drug-likeness (QED) is 0.676. The van der Waals surface area contributed by atoms with Crippen molar-refractivity contribution in [1.82, 2.24) is 0 Å². The average Bonchev–Trinajstić information content (AvgIpc) is 2.20. The Balaban J connectivity index is 3.04. The van der Waals surface area contributed by atoms with Gasteiger partial charge < -0.3 is 16.2 Å². The van der Waals surface area contributed by atoms with Gasteiger partial charge in [0.25, 0.3) is 0 Å². The number of hydrogen-bond acceptors (Lipinski definition) is 4. The van der Waals surface area contributed by atoms with Crippen LogP contribution in [0.15, 0.2) is 18.2 Å². The van der Waals surface area contributed by atoms with E-state index in [0.717, 1.165) is 0 Å². The second-order valence-corrected chi connectivity index (χ2v) is 4.40. The van der Waals surface area contributed by atoms with Gasteiger partial charge in [-0.2, -0.15) is 5.26 Å². The highest BCUT2D eigenvalue weighted by molar-refractivity contribution is 5.73. The minimum atomic E-state index is -0.530. The number of nitriles is 1. The van der Waals surface area contributed by atoms with Crippen molar-refractivity contribution in [2.75, 3.05) is 11.1 Å². The summed E-state index contributed by atoms with van der Waals surface area (Å²) in [6, 6.07) is 7.24. The van der Waals surface area contributed by atoms with Crippen molar-refractivity contribution < 1.29 is 5.11 Å². The smallest absolute Gasteiger partial charge is 0.101 e. The van der Waals surface area contributed by atoms with Crippen LogP contribution in [0.2, 0.25) is 0 Å². The van der Waals surface area contributed by atoms with Gasteiger partial charge in [0, 0.05) is 0 Å². The van der Waals surface area contributed by atoms with Crippen LogP contribution in [0.25, 0.3) is 0 Å². The van der Waals surface area contributed by atoms with Gasteiger partial charge in [0.05, 0.1) is 28.6 Å². The molecule has 0 amide bonds. The van der Waals surface area contributed by atoms with Crippen molar-refractivity contribution in [1.29, 1.82) is 5.26 Å². The highest BCUT2D eigenvalue weighted by Crippen LogP contribution is 2.26. The molecule has 0 bridgehead atoms. The Labute approximate surface area is 95.7 Å². The molecule has 4 N–H and O–H groups in total. The lowest BCUT2D eigenvalue weighted by Gasteiger charge is -2.31. The molecule has 0 heterocycles. The molecule has 0 aliphatic heterocycles. The summed E-state index contributed by atoms with van der Waals surface area (Å²) in [5.41, 5.74) is 6.86. The van der Waals surface area contributed by atoms with E-state index in [-0.39, 0.29) is 0 Å². The normalized spacial score (nSPS) is 12.9. The Morgan fingerprint density at radius 2 is 2.12 bits per heavy atom. The molecule has 1 aromatic rings. The Morgan fingerprint density at radius 3 is 2.62 bits per heavy atom. The molecule has 0 aliphatic rings. The van der Waals surface area contributed by atoms with E-state index < -0.39 is 11.6 Å². The predicted molar refractivity (Wildman–Crippen MR) is 65.0 cm³/mol. The zero-order valence-corrected chi connectivity index (χ0v) is 9.78. The topological polar surface area (TPSA) is 82.1 Å². The Bertz CT molecular complexity index is 419. The summed E-state index contributed by atoms with van der Waals surface area (Å²) in [4.78, 5) is 0. The zero-order valence-electron chi connectivity index (χ0n) is 9.78. The first-order valence-electron chi connectivity index (χ1n) is 5.13. The first kappa shape index (κ1) is 12.3. The van der Waals surface area contributed by atoms with Gasteiger partial charge in [-0.15, -0.1) is 0 Å². The fourth-order valence-electron chi connectivity index (χ4n) is 1.22. The lowest BCUT2D eigenvalue weighted by Crippen LogP contribution is -2.42. The first-order valence-corrected chi connectivity index (χ1v) is 5.13. The average molecular weight is 219 g/mol. The number of para-hydroxylation sites is 1. The lowest BCUT2D eigenvalue weighted by atomic mass is 9.98. The molecule has 16 heavy (non-hydrogen) atoms. The molecule has 1 rings (SSSR count). The van der Waals surface area contributed by atoms with Gasteiger partial charge in [0.1, 0.15) is 6.07 Å². The monoisotopic (exact) mass is 219 g/mol. The lowest BCUT2D eigenvalue weighted by molar-refractivity contribution is 0.133. The number of hydrogen-bond donors (Lipinski definition) is 3. The zero-order chi connectivity index (χ0) is 12.3. The third kappa shape index (κ3) is 2.44. The molecule has 1 atom stereocenters. The summed E-state index contributed by atoms with van der Waals surface area (Å²) in [6.07, 6.45) is -0.530. The van der Waals surface area contributed by atoms with Crippen molar-refractivity contribution in [2.24, 2.45) is 0 Å². The van der Waals surface area contributed by atoms with Crippen molar-refractivity contribution in [3.05, 3.63) is 23.8 Å². The van der Waals surface area contributed by atoms with Crippen LogP contribution in [0.4, 0.5) is 11.4 Å². The molecule has 4 heteroatoms. The van der Waals surface area contributed by atoms with E-state index >= 15 is 0 Å². The molecule has 1 unspecified atom stereocenters. The third-order valence-corrected chi connectivity index (χ3v) is 2.73. The minimum absolute atomic E-state index is 0.415. The summed E-state index contributed by atoms with van der Waals surface area (Å²) in [5.74, 6) is 0. The Hall–Kier alpha value is -1.73. The van der Waals surface area contributed by atoms with Gasteiger partial charge in [-0.3, -0.25) is 0 Å². The van der Waals surface area contributed by atoms with Crippen molar-refractivity contribution in [3.63, 3.8) is 0 Å². The predicted octanol–water partition coefficient (Wildman–Crippen LogP) is 1.71. The molecule has 0 spiro atoms. The third-order valence-electron chi connectivity index (χ3n) is 2.73. The molecule has 0 saturated carbocycles. The molecular formula is C12H17N3O. The number of aliphatic hydroxyl groups is 1. The summed E-state index contributed by atoms with van der Waals surface area (Å²) >= 11 is 0. The number of nitrogens with one attached hydrogen (secondary N) is 1. The van der Waals surface area contributed by atoms with Crippen LogP contribution in [-0.2, 0) is 0 Å². The molecule has 0 radical (unpaired) electrons. The number of nitrogens with two attached hydrogens (primary N) is 1. The highest BCUT2D eigenvalue weighted by atomic mass is 16.3. The summed E-state index contributed by atoms with van der Waals surface area (Å²) in [7, 11) is 0. The molecule has 0 aliphatic carbocycles. The molecule has 0 aromatic heterocycles.